The maximum absolute atomic E-state index is 13.8. The first-order chi connectivity index (χ1) is 24.0. The second-order valence-electron chi connectivity index (χ2n) is 12.1. The molecule has 20 heteroatoms. The number of rotatable bonds is 2. The molecule has 8 rings (SSSR count). The molecule has 0 amide bonds. The minimum absolute atomic E-state index is 0.129. The van der Waals surface area contributed by atoms with E-state index in [9.17, 15) is 62.1 Å². The molecule has 4 aromatic rings. The highest BCUT2D eigenvalue weighted by atomic mass is 31.2. The predicted octanol–water partition coefficient (Wildman–Crippen LogP) is 10.3. The van der Waals surface area contributed by atoms with E-state index in [0.29, 0.717) is 24.3 Å². The van der Waals surface area contributed by atoms with Crippen LogP contribution in [0.1, 0.15) is 45.2 Å². The fourth-order valence-electron chi connectivity index (χ4n) is 6.85. The zero-order chi connectivity index (χ0) is 37.5. The van der Waals surface area contributed by atoms with Gasteiger partial charge in [-0.3, -0.25) is 4.89 Å². The van der Waals surface area contributed by atoms with Gasteiger partial charge in [0.2, 0.25) is 12.6 Å². The van der Waals surface area contributed by atoms with Gasteiger partial charge in [-0.2, -0.15) is 52.7 Å². The van der Waals surface area contributed by atoms with Gasteiger partial charge in [-0.05, 0) is 71.8 Å². The summed E-state index contributed by atoms with van der Waals surface area (Å²) >= 11 is 0. The van der Waals surface area contributed by atoms with Crippen LogP contribution in [0.5, 0.6) is 23.0 Å². The summed E-state index contributed by atoms with van der Waals surface area (Å²) in [5.74, 6) is -4.12. The van der Waals surface area contributed by atoms with Crippen molar-refractivity contribution in [3.63, 3.8) is 0 Å². The quantitative estimate of drug-likeness (QED) is 0.161. The maximum atomic E-state index is 13.8. The Morgan fingerprint density at radius 1 is 0.519 bits per heavy atom. The molecular formula is C32H15F12O7P. The van der Waals surface area contributed by atoms with E-state index in [1.807, 2.05) is 0 Å². The molecule has 0 bridgehead atoms. The van der Waals surface area contributed by atoms with E-state index in [1.54, 1.807) is 0 Å². The number of hydrogen-bond donors (Lipinski definition) is 1. The summed E-state index contributed by atoms with van der Waals surface area (Å²) in [6.07, 6.45) is -23.8. The molecule has 4 heterocycles. The van der Waals surface area contributed by atoms with Crippen molar-refractivity contribution >= 4 is 7.82 Å². The maximum Gasteiger partial charge on any atom is 0.584 e. The molecule has 52 heavy (non-hydrogen) atoms. The lowest BCUT2D eigenvalue weighted by molar-refractivity contribution is -0.144. The van der Waals surface area contributed by atoms with Crippen molar-refractivity contribution in [2.24, 2.45) is 0 Å². The molecule has 7 nitrogen and oxygen atoms in total. The van der Waals surface area contributed by atoms with Gasteiger partial charge in [-0.25, -0.2) is 4.57 Å². The van der Waals surface area contributed by atoms with Crippen LogP contribution in [-0.2, 0) is 34.0 Å². The molecule has 0 aromatic heterocycles. The van der Waals surface area contributed by atoms with Crippen LogP contribution in [0, 0.1) is 0 Å². The summed E-state index contributed by atoms with van der Waals surface area (Å²) in [5.41, 5.74) is -9.84. The molecule has 4 atom stereocenters. The van der Waals surface area contributed by atoms with Crippen LogP contribution in [-0.4, -0.2) is 17.5 Å². The number of ether oxygens (including phenoxy) is 3. The third kappa shape index (κ3) is 5.51. The fourth-order valence-corrected chi connectivity index (χ4v) is 7.74. The molecule has 0 aliphatic carbocycles. The summed E-state index contributed by atoms with van der Waals surface area (Å²) < 4.78 is 208. The van der Waals surface area contributed by atoms with Crippen molar-refractivity contribution in [3.8, 4) is 45.3 Å². The number of phosphoric ester groups is 1. The number of hydrogen-bond acceptors (Lipinski definition) is 6. The van der Waals surface area contributed by atoms with E-state index in [2.05, 4.69) is 0 Å². The Labute approximate surface area is 281 Å². The van der Waals surface area contributed by atoms with Crippen LogP contribution in [0.2, 0.25) is 0 Å². The number of benzene rings is 4. The minimum Gasteiger partial charge on any atom is -0.464 e. The SMILES string of the molecule is O=P1(O)Oc2c(-c3cc(C(F)(F)F)cc(C(F)(F)F)c3)ccc3c2[C@H]2[C@@H](O3)O[C@@H]3Oc4ccc(-c5cc(C(F)(F)F)cc(C(F)(F)F)c5)c(c4[C@@H]32)O1. The number of alkyl halides is 12. The van der Waals surface area contributed by atoms with Crippen molar-refractivity contribution < 1.29 is 85.4 Å². The van der Waals surface area contributed by atoms with Gasteiger partial charge in [0, 0.05) is 22.3 Å². The van der Waals surface area contributed by atoms with Gasteiger partial charge in [-0.15, -0.1) is 0 Å². The Balaban J connectivity index is 1.36. The van der Waals surface area contributed by atoms with Gasteiger partial charge < -0.3 is 23.3 Å². The molecule has 0 saturated carbocycles. The van der Waals surface area contributed by atoms with Gasteiger partial charge in [0.15, 0.2) is 0 Å². The van der Waals surface area contributed by atoms with Gasteiger partial charge in [0.1, 0.15) is 23.0 Å². The van der Waals surface area contributed by atoms with E-state index < -0.39 is 113 Å². The molecule has 4 aliphatic heterocycles. The average molecular weight is 770 g/mol. The number of phosphoric acid groups is 1. The topological polar surface area (TPSA) is 83.5 Å². The molecule has 0 unspecified atom stereocenters. The van der Waals surface area contributed by atoms with E-state index >= 15 is 0 Å². The third-order valence-electron chi connectivity index (χ3n) is 8.92. The summed E-state index contributed by atoms with van der Waals surface area (Å²) in [6.45, 7) is 0. The van der Waals surface area contributed by atoms with Crippen molar-refractivity contribution in [1.82, 2.24) is 0 Å². The second-order valence-corrected chi connectivity index (χ2v) is 13.4. The van der Waals surface area contributed by atoms with Gasteiger partial charge in [0.25, 0.3) is 0 Å². The molecule has 4 aromatic carbocycles. The molecule has 1 fully saturated rings. The van der Waals surface area contributed by atoms with Crippen molar-refractivity contribution in [2.45, 2.75) is 49.1 Å². The lowest BCUT2D eigenvalue weighted by Crippen LogP contribution is -2.19. The molecular weight excluding hydrogens is 755 g/mol. The predicted molar refractivity (Wildman–Crippen MR) is 150 cm³/mol. The molecule has 0 spiro atoms. The Morgan fingerprint density at radius 2 is 0.846 bits per heavy atom. The Bertz CT molecular complexity index is 2010. The molecule has 274 valence electrons. The molecule has 1 saturated heterocycles. The van der Waals surface area contributed by atoms with Crippen LogP contribution in [0.4, 0.5) is 52.7 Å². The minimum atomic E-state index is -5.71. The summed E-state index contributed by atoms with van der Waals surface area (Å²) in [5, 5.41) is 0. The normalized spacial score (nSPS) is 24.6. The smallest absolute Gasteiger partial charge is 0.464 e. The third-order valence-corrected chi connectivity index (χ3v) is 9.74. The van der Waals surface area contributed by atoms with Crippen molar-refractivity contribution in [3.05, 3.63) is 94.0 Å². The lowest BCUT2D eigenvalue weighted by Gasteiger charge is -2.21. The van der Waals surface area contributed by atoms with Crippen LogP contribution >= 0.6 is 7.82 Å². The molecule has 0 radical (unpaired) electrons. The highest BCUT2D eigenvalue weighted by Crippen LogP contribution is 2.67. The van der Waals surface area contributed by atoms with Crippen LogP contribution in [0.15, 0.2) is 60.7 Å². The zero-order valence-electron chi connectivity index (χ0n) is 25.0. The monoisotopic (exact) mass is 770 g/mol. The van der Waals surface area contributed by atoms with E-state index in [1.165, 1.54) is 0 Å². The van der Waals surface area contributed by atoms with E-state index in [-0.39, 0.29) is 34.8 Å². The first-order valence-corrected chi connectivity index (χ1v) is 16.1. The van der Waals surface area contributed by atoms with Crippen molar-refractivity contribution in [2.75, 3.05) is 0 Å². The van der Waals surface area contributed by atoms with Crippen LogP contribution in [0.25, 0.3) is 22.3 Å². The highest BCUT2D eigenvalue weighted by molar-refractivity contribution is 7.48. The average Bonchev–Trinajstić information content (AvgIpc) is 3.67. The van der Waals surface area contributed by atoms with Crippen LogP contribution < -0.4 is 18.5 Å². The van der Waals surface area contributed by atoms with Gasteiger partial charge in [0.05, 0.1) is 34.1 Å². The Kier molecular flexibility index (Phi) is 7.11. The van der Waals surface area contributed by atoms with Gasteiger partial charge in [-0.1, -0.05) is 0 Å². The van der Waals surface area contributed by atoms with E-state index in [4.69, 9.17) is 23.3 Å². The van der Waals surface area contributed by atoms with Crippen molar-refractivity contribution in [1.29, 1.82) is 0 Å². The molecule has 4 aliphatic rings. The highest BCUT2D eigenvalue weighted by Gasteiger charge is 2.60. The number of halogens is 12. The Morgan fingerprint density at radius 3 is 1.15 bits per heavy atom. The first kappa shape index (κ1) is 34.5. The zero-order valence-corrected chi connectivity index (χ0v) is 25.9. The first-order valence-electron chi connectivity index (χ1n) is 14.6. The summed E-state index contributed by atoms with van der Waals surface area (Å²) in [7, 11) is -5.71. The Hall–Kier alpha value is -4.61. The van der Waals surface area contributed by atoms with Crippen LogP contribution in [0.3, 0.4) is 0 Å². The lowest BCUT2D eigenvalue weighted by atomic mass is 9.81. The fraction of sp³-hybridized carbons (Fsp3) is 0.250. The van der Waals surface area contributed by atoms with Gasteiger partial charge >= 0.3 is 32.5 Å². The molecule has 1 N–H and O–H groups in total. The van der Waals surface area contributed by atoms with E-state index in [0.717, 1.165) is 24.3 Å². The summed E-state index contributed by atoms with van der Waals surface area (Å²) in [6, 6.07) is 5.38. The largest absolute Gasteiger partial charge is 0.584 e. The summed E-state index contributed by atoms with van der Waals surface area (Å²) in [4.78, 5) is 11.1. The second kappa shape index (κ2) is 10.7. The standard InChI is InChI=1S/C32H15F12O7P/c33-29(34,35)13-5-11(6-14(9-13)30(36,37)38)17-1-3-19-21-23-24-22-20(48-28(24)49-27(23)47-19)4-2-18(26(22)51-52(45,46)50-25(17)21)12-7-15(31(39,40)41)10-16(8-12)32(42,43)44/h1-10,23-24,27-28H,(H,45,46)/t23-,24-,27+,28+/m1/s1.